The summed E-state index contributed by atoms with van der Waals surface area (Å²) in [7, 11) is 0. The van der Waals surface area contributed by atoms with Crippen molar-refractivity contribution in [3.05, 3.63) is 0 Å². The second kappa shape index (κ2) is 7.52. The fourth-order valence-electron chi connectivity index (χ4n) is 9.05. The molecule has 150 valence electrons. The fraction of sp³-hybridized carbons (Fsp3) is 1.00. The summed E-state index contributed by atoms with van der Waals surface area (Å²) in [6.07, 6.45) is 16.9. The molecule has 4 aliphatic rings. The Morgan fingerprint density at radius 2 is 1.65 bits per heavy atom. The maximum Gasteiger partial charge on any atom is -0.000463 e. The third-order valence-corrected chi connectivity index (χ3v) is 11.2. The van der Waals surface area contributed by atoms with Gasteiger partial charge in [0.1, 0.15) is 0 Å². The molecule has 0 amide bonds. The normalized spacial score (nSPS) is 52.0. The Morgan fingerprint density at radius 1 is 0.923 bits per heavy atom. The van der Waals surface area contributed by atoms with E-state index in [1.54, 1.807) is 44.9 Å². The average Bonchev–Trinajstić information content (AvgIpc) is 2.97. The molecule has 4 fully saturated rings. The number of fused-ring (bicyclic) bond motifs is 5. The minimum atomic E-state index is 0.678. The van der Waals surface area contributed by atoms with Crippen molar-refractivity contribution >= 4 is 22.6 Å². The van der Waals surface area contributed by atoms with Crippen molar-refractivity contribution in [1.29, 1.82) is 0 Å². The molecule has 4 rings (SSSR count). The molecule has 3 unspecified atom stereocenters. The van der Waals surface area contributed by atoms with E-state index in [-0.39, 0.29) is 0 Å². The third-order valence-electron chi connectivity index (χ3n) is 10.5. The van der Waals surface area contributed by atoms with E-state index in [1.165, 1.54) is 30.1 Å². The first-order valence-electron chi connectivity index (χ1n) is 12.0. The summed E-state index contributed by atoms with van der Waals surface area (Å²) in [4.78, 5) is 0. The summed E-state index contributed by atoms with van der Waals surface area (Å²) in [6.45, 7) is 10.6. The van der Waals surface area contributed by atoms with Gasteiger partial charge in [-0.3, -0.25) is 0 Å². The van der Waals surface area contributed by atoms with E-state index in [0.29, 0.717) is 10.8 Å². The highest BCUT2D eigenvalue weighted by Crippen LogP contribution is 2.68. The molecule has 0 saturated heterocycles. The van der Waals surface area contributed by atoms with Crippen molar-refractivity contribution in [3.63, 3.8) is 0 Å². The molecule has 0 aromatic heterocycles. The van der Waals surface area contributed by atoms with Crippen molar-refractivity contribution < 1.29 is 0 Å². The van der Waals surface area contributed by atoms with Gasteiger partial charge in [0.25, 0.3) is 0 Å². The van der Waals surface area contributed by atoms with Crippen LogP contribution in [0.2, 0.25) is 0 Å². The first-order valence-corrected chi connectivity index (χ1v) is 13.5. The zero-order valence-electron chi connectivity index (χ0n) is 17.9. The van der Waals surface area contributed by atoms with Crippen molar-refractivity contribution in [1.82, 2.24) is 0 Å². The maximum absolute atomic E-state index is 2.74. The van der Waals surface area contributed by atoms with Gasteiger partial charge in [0, 0.05) is 0 Å². The van der Waals surface area contributed by atoms with Crippen molar-refractivity contribution in [2.45, 2.75) is 98.3 Å². The van der Waals surface area contributed by atoms with Gasteiger partial charge >= 0.3 is 0 Å². The van der Waals surface area contributed by atoms with Crippen LogP contribution in [0.5, 0.6) is 0 Å². The molecular weight excluding hydrogens is 427 g/mol. The Morgan fingerprint density at radius 3 is 2.42 bits per heavy atom. The highest BCUT2D eigenvalue weighted by molar-refractivity contribution is 14.1. The summed E-state index contributed by atoms with van der Waals surface area (Å²) in [5.41, 5.74) is 1.37. The summed E-state index contributed by atoms with van der Waals surface area (Å²) in [6, 6.07) is 0. The van der Waals surface area contributed by atoms with Crippen LogP contribution in [0.25, 0.3) is 0 Å². The summed E-state index contributed by atoms with van der Waals surface area (Å²) >= 11 is 2.57. The number of rotatable bonds is 4. The summed E-state index contributed by atoms with van der Waals surface area (Å²) in [5.74, 6) is 7.22. The van der Waals surface area contributed by atoms with Gasteiger partial charge in [0.05, 0.1) is 0 Å². The smallest absolute Gasteiger partial charge is 0.000463 e. The van der Waals surface area contributed by atoms with Gasteiger partial charge in [-0.25, -0.2) is 0 Å². The van der Waals surface area contributed by atoms with Gasteiger partial charge in [0.15, 0.2) is 0 Å². The molecule has 0 aliphatic heterocycles. The van der Waals surface area contributed by atoms with Gasteiger partial charge in [-0.1, -0.05) is 56.7 Å². The predicted octanol–water partition coefficient (Wildman–Crippen LogP) is 8.13. The highest BCUT2D eigenvalue weighted by atomic mass is 127. The van der Waals surface area contributed by atoms with Crippen LogP contribution < -0.4 is 0 Å². The van der Waals surface area contributed by atoms with Gasteiger partial charge in [-0.2, -0.15) is 0 Å². The van der Waals surface area contributed by atoms with E-state index in [2.05, 4.69) is 50.3 Å². The van der Waals surface area contributed by atoms with Crippen molar-refractivity contribution in [2.24, 2.45) is 52.3 Å². The van der Waals surface area contributed by atoms with Crippen molar-refractivity contribution in [3.8, 4) is 0 Å². The molecule has 0 heterocycles. The predicted molar refractivity (Wildman–Crippen MR) is 122 cm³/mol. The van der Waals surface area contributed by atoms with E-state index in [4.69, 9.17) is 0 Å². The van der Waals surface area contributed by atoms with Gasteiger partial charge in [-0.05, 0) is 121 Å². The molecule has 0 bridgehead atoms. The minimum Gasteiger partial charge on any atom is -0.0864 e. The van der Waals surface area contributed by atoms with E-state index >= 15 is 0 Å². The number of hydrogen-bond donors (Lipinski definition) is 0. The highest BCUT2D eigenvalue weighted by Gasteiger charge is 2.60. The summed E-state index contributed by atoms with van der Waals surface area (Å²) in [5, 5.41) is 0. The van der Waals surface area contributed by atoms with Gasteiger partial charge in [-0.15, -0.1) is 0 Å². The summed E-state index contributed by atoms with van der Waals surface area (Å²) < 4.78 is 1.35. The fourth-order valence-corrected chi connectivity index (χ4v) is 9.49. The van der Waals surface area contributed by atoms with Gasteiger partial charge in [0.2, 0.25) is 0 Å². The minimum absolute atomic E-state index is 0.678. The van der Waals surface area contributed by atoms with E-state index in [1.807, 2.05) is 0 Å². The molecule has 0 aromatic carbocycles. The Kier molecular flexibility index (Phi) is 5.79. The average molecular weight is 471 g/mol. The molecule has 0 nitrogen and oxygen atoms in total. The van der Waals surface area contributed by atoms with E-state index in [0.717, 1.165) is 41.4 Å². The molecule has 4 saturated carbocycles. The second-order valence-corrected chi connectivity index (χ2v) is 12.7. The number of alkyl halides is 1. The molecule has 0 spiro atoms. The Bertz CT molecular complexity index is 500. The van der Waals surface area contributed by atoms with E-state index < -0.39 is 0 Å². The van der Waals surface area contributed by atoms with Crippen LogP contribution in [-0.2, 0) is 0 Å². The van der Waals surface area contributed by atoms with Crippen LogP contribution in [0.4, 0.5) is 0 Å². The third kappa shape index (κ3) is 3.13. The first kappa shape index (κ1) is 20.0. The zero-order chi connectivity index (χ0) is 18.5. The molecule has 0 N–H and O–H groups in total. The zero-order valence-corrected chi connectivity index (χ0v) is 20.1. The molecule has 26 heavy (non-hydrogen) atoms. The van der Waals surface area contributed by atoms with Crippen LogP contribution in [0.1, 0.15) is 98.3 Å². The SMILES string of the molecule is C[C@H]1CC[C@]2(C)C3CC[C@@]4(C)C(CC[C@@H]4[C@H](C)CCCI)C3CC[C@H]2C1. The van der Waals surface area contributed by atoms with Crippen LogP contribution in [-0.4, -0.2) is 4.43 Å². The van der Waals surface area contributed by atoms with Crippen LogP contribution in [0, 0.1) is 52.3 Å². The maximum atomic E-state index is 2.74. The van der Waals surface area contributed by atoms with E-state index in [9.17, 15) is 0 Å². The first-order chi connectivity index (χ1) is 12.4. The Balaban J connectivity index is 1.52. The molecule has 4 aliphatic carbocycles. The Labute approximate surface area is 177 Å². The molecule has 0 radical (unpaired) electrons. The van der Waals surface area contributed by atoms with Gasteiger partial charge < -0.3 is 0 Å². The standard InChI is InChI=1S/C25H43I/c1-17-11-13-24(3)19(16-17)7-8-20-22-10-9-21(18(2)6-5-15-26)25(22,4)14-12-23(20)24/h17-23H,5-16H2,1-4H3/t17-,18+,19-,20?,21+,22?,23?,24-,25+/m0/s1. The topological polar surface area (TPSA) is 0 Å². The molecule has 9 atom stereocenters. The monoisotopic (exact) mass is 470 g/mol. The largest absolute Gasteiger partial charge is 0.0864 e. The quantitative estimate of drug-likeness (QED) is 0.287. The molecule has 1 heteroatoms. The molecule has 0 aromatic rings. The second-order valence-electron chi connectivity index (χ2n) is 11.6. The van der Waals surface area contributed by atoms with Crippen LogP contribution in [0.3, 0.4) is 0 Å². The molecular formula is C25H43I. The number of hydrogen-bond acceptors (Lipinski definition) is 0. The van der Waals surface area contributed by atoms with Crippen LogP contribution in [0.15, 0.2) is 0 Å². The van der Waals surface area contributed by atoms with Crippen LogP contribution >= 0.6 is 22.6 Å². The lowest BCUT2D eigenvalue weighted by Gasteiger charge is -2.61. The lowest BCUT2D eigenvalue weighted by atomic mass is 9.44. The Hall–Kier alpha value is 0.730. The van der Waals surface area contributed by atoms with Crippen molar-refractivity contribution in [2.75, 3.05) is 4.43 Å². The number of halogens is 1. The lowest BCUT2D eigenvalue weighted by Crippen LogP contribution is -2.53. The lowest BCUT2D eigenvalue weighted by molar-refractivity contribution is -0.120.